The smallest absolute Gasteiger partial charge is 0.0583 e. The number of hydrogen-bond donors (Lipinski definition) is 1. The lowest BCUT2D eigenvalue weighted by atomic mass is 9.61. The molecule has 0 saturated heterocycles. The summed E-state index contributed by atoms with van der Waals surface area (Å²) in [5, 5.41) is 10.0. The van der Waals surface area contributed by atoms with Gasteiger partial charge in [0.05, 0.1) is 6.10 Å². The van der Waals surface area contributed by atoms with Gasteiger partial charge in [-0.1, -0.05) is 76.6 Å². The predicted molar refractivity (Wildman–Crippen MR) is 126 cm³/mol. The van der Waals surface area contributed by atoms with Gasteiger partial charge in [0.1, 0.15) is 0 Å². The maximum atomic E-state index is 10.0. The molecule has 1 heteroatoms. The quantitative estimate of drug-likeness (QED) is 0.473. The Labute approximate surface area is 180 Å². The molecule has 0 aromatic carbocycles. The Balaban J connectivity index is 1.75. The Morgan fingerprint density at radius 3 is 2.52 bits per heavy atom. The molecule has 1 nitrogen and oxygen atoms in total. The summed E-state index contributed by atoms with van der Waals surface area (Å²) in [6, 6.07) is 0. The summed E-state index contributed by atoms with van der Waals surface area (Å²) < 4.78 is 0. The first-order chi connectivity index (χ1) is 13.7. The molecule has 0 heterocycles. The van der Waals surface area contributed by atoms with E-state index in [0.717, 1.165) is 37.0 Å². The molecule has 0 aliphatic heterocycles. The fourth-order valence-corrected chi connectivity index (χ4v) is 6.25. The summed E-state index contributed by atoms with van der Waals surface area (Å²) in [6.07, 6.45) is 18.8. The normalized spacial score (nSPS) is 38.2. The molecule has 29 heavy (non-hydrogen) atoms. The first-order valence-corrected chi connectivity index (χ1v) is 12.2. The molecule has 1 N–H and O–H groups in total. The van der Waals surface area contributed by atoms with Crippen LogP contribution in [-0.2, 0) is 0 Å². The minimum Gasteiger partial charge on any atom is -0.393 e. The van der Waals surface area contributed by atoms with Crippen LogP contribution in [0.25, 0.3) is 0 Å². The van der Waals surface area contributed by atoms with Gasteiger partial charge in [-0.3, -0.25) is 0 Å². The fraction of sp³-hybridized carbons (Fsp3) is 0.714. The monoisotopic (exact) mass is 396 g/mol. The zero-order valence-electron chi connectivity index (χ0n) is 19.6. The highest BCUT2D eigenvalue weighted by Gasteiger charge is 2.50. The van der Waals surface area contributed by atoms with E-state index in [-0.39, 0.29) is 6.10 Å². The second-order valence-corrected chi connectivity index (χ2v) is 10.9. The molecule has 0 aromatic heterocycles. The SMILES string of the molecule is C=C1CC[C@H](O)C/C1=C\C=C1\CCC[C@]2(C)[C@@H]([C@H](C)/C=C/[C@H](C)C(C)C)CC[C@@H]12. The van der Waals surface area contributed by atoms with Gasteiger partial charge in [0, 0.05) is 0 Å². The summed E-state index contributed by atoms with van der Waals surface area (Å²) in [5.41, 5.74) is 4.61. The van der Waals surface area contributed by atoms with Gasteiger partial charge in [-0.15, -0.1) is 0 Å². The van der Waals surface area contributed by atoms with Crippen molar-refractivity contribution < 1.29 is 5.11 Å². The zero-order chi connectivity index (χ0) is 21.2. The van der Waals surface area contributed by atoms with E-state index in [1.165, 1.54) is 43.3 Å². The van der Waals surface area contributed by atoms with Crippen molar-refractivity contribution in [1.29, 1.82) is 0 Å². The van der Waals surface area contributed by atoms with Gasteiger partial charge in [0.25, 0.3) is 0 Å². The maximum Gasteiger partial charge on any atom is 0.0583 e. The standard InChI is InChI=1S/C28H44O/c1-19(2)20(3)9-10-22(5)26-15-16-27-23(8-7-17-28(26,27)6)12-13-24-18-25(29)14-11-21(24)4/h9-10,12-13,19-20,22,25-27,29H,4,7-8,11,14-18H2,1-3,5-6H3/b10-9+,23-12-,24-13+/t20-,22+,25-,26+,27-,28+/m0/s1. The first-order valence-electron chi connectivity index (χ1n) is 12.2. The summed E-state index contributed by atoms with van der Waals surface area (Å²) in [7, 11) is 0. The molecule has 0 bridgehead atoms. The molecule has 0 radical (unpaired) electrons. The number of hydrogen-bond acceptors (Lipinski definition) is 1. The molecule has 0 unspecified atom stereocenters. The molecule has 3 saturated carbocycles. The topological polar surface area (TPSA) is 20.2 Å². The third-order valence-corrected chi connectivity index (χ3v) is 8.63. The molecule has 3 fully saturated rings. The van der Waals surface area contributed by atoms with E-state index in [1.807, 2.05) is 0 Å². The second kappa shape index (κ2) is 9.38. The number of fused-ring (bicyclic) bond motifs is 1. The predicted octanol–water partition coefficient (Wildman–Crippen LogP) is 7.64. The van der Waals surface area contributed by atoms with Crippen molar-refractivity contribution in [3.8, 4) is 0 Å². The van der Waals surface area contributed by atoms with Crippen molar-refractivity contribution in [3.05, 3.63) is 47.6 Å². The van der Waals surface area contributed by atoms with Gasteiger partial charge >= 0.3 is 0 Å². The second-order valence-electron chi connectivity index (χ2n) is 10.9. The fourth-order valence-electron chi connectivity index (χ4n) is 6.25. The molecule has 0 spiro atoms. The van der Waals surface area contributed by atoms with Gasteiger partial charge in [-0.05, 0) is 91.9 Å². The van der Waals surface area contributed by atoms with E-state index < -0.39 is 0 Å². The lowest BCUT2D eigenvalue weighted by molar-refractivity contribution is 0.112. The Morgan fingerprint density at radius 1 is 1.03 bits per heavy atom. The van der Waals surface area contributed by atoms with Crippen LogP contribution in [0, 0.1) is 35.0 Å². The number of allylic oxidation sites excluding steroid dienone is 6. The lowest BCUT2D eigenvalue weighted by Crippen LogP contribution is -2.35. The molecular weight excluding hydrogens is 352 g/mol. The third-order valence-electron chi connectivity index (χ3n) is 8.63. The van der Waals surface area contributed by atoms with E-state index >= 15 is 0 Å². The Morgan fingerprint density at radius 2 is 1.79 bits per heavy atom. The van der Waals surface area contributed by atoms with Crippen LogP contribution in [-0.4, -0.2) is 11.2 Å². The van der Waals surface area contributed by atoms with E-state index in [1.54, 1.807) is 5.57 Å². The van der Waals surface area contributed by atoms with Crippen LogP contribution in [0.4, 0.5) is 0 Å². The highest BCUT2D eigenvalue weighted by molar-refractivity contribution is 5.36. The van der Waals surface area contributed by atoms with Crippen LogP contribution >= 0.6 is 0 Å². The van der Waals surface area contributed by atoms with Gasteiger partial charge in [-0.25, -0.2) is 0 Å². The van der Waals surface area contributed by atoms with Crippen molar-refractivity contribution in [2.24, 2.45) is 35.0 Å². The Kier molecular flexibility index (Phi) is 7.31. The lowest BCUT2D eigenvalue weighted by Gasteiger charge is -2.44. The average molecular weight is 397 g/mol. The van der Waals surface area contributed by atoms with E-state index in [2.05, 4.69) is 65.5 Å². The van der Waals surface area contributed by atoms with Crippen LogP contribution in [0.3, 0.4) is 0 Å². The van der Waals surface area contributed by atoms with E-state index in [4.69, 9.17) is 0 Å². The molecule has 3 aliphatic carbocycles. The Hall–Kier alpha value is -1.08. The van der Waals surface area contributed by atoms with Crippen LogP contribution in [0.5, 0.6) is 0 Å². The van der Waals surface area contributed by atoms with Crippen molar-refractivity contribution in [3.63, 3.8) is 0 Å². The van der Waals surface area contributed by atoms with Gasteiger partial charge < -0.3 is 5.11 Å². The van der Waals surface area contributed by atoms with Crippen molar-refractivity contribution in [1.82, 2.24) is 0 Å². The Bertz CT molecular complexity index is 678. The van der Waals surface area contributed by atoms with Crippen LogP contribution < -0.4 is 0 Å². The number of aliphatic hydroxyl groups excluding tert-OH is 1. The highest BCUT2D eigenvalue weighted by atomic mass is 16.3. The summed E-state index contributed by atoms with van der Waals surface area (Å²) in [4.78, 5) is 0. The molecular formula is C28H44O. The summed E-state index contributed by atoms with van der Waals surface area (Å²) >= 11 is 0. The molecule has 3 rings (SSSR count). The largest absolute Gasteiger partial charge is 0.393 e. The number of rotatable bonds is 5. The van der Waals surface area contributed by atoms with E-state index in [9.17, 15) is 5.11 Å². The van der Waals surface area contributed by atoms with Crippen molar-refractivity contribution >= 4 is 0 Å². The van der Waals surface area contributed by atoms with Gasteiger partial charge in [-0.2, -0.15) is 0 Å². The highest BCUT2D eigenvalue weighted by Crippen LogP contribution is 2.59. The minimum absolute atomic E-state index is 0.182. The molecule has 6 atom stereocenters. The van der Waals surface area contributed by atoms with Crippen molar-refractivity contribution in [2.75, 3.05) is 0 Å². The maximum absolute atomic E-state index is 10.0. The number of aliphatic hydroxyl groups is 1. The first kappa shape index (κ1) is 22.6. The van der Waals surface area contributed by atoms with Crippen LogP contribution in [0.15, 0.2) is 47.6 Å². The van der Waals surface area contributed by atoms with Crippen LogP contribution in [0.1, 0.15) is 86.0 Å². The zero-order valence-corrected chi connectivity index (χ0v) is 19.6. The van der Waals surface area contributed by atoms with Gasteiger partial charge in [0.2, 0.25) is 0 Å². The van der Waals surface area contributed by atoms with E-state index in [0.29, 0.717) is 17.3 Å². The van der Waals surface area contributed by atoms with Crippen molar-refractivity contribution in [2.45, 2.75) is 92.1 Å². The summed E-state index contributed by atoms with van der Waals surface area (Å²) in [6.45, 7) is 16.3. The minimum atomic E-state index is -0.182. The molecule has 162 valence electrons. The molecule has 0 amide bonds. The average Bonchev–Trinajstić information content (AvgIpc) is 3.04. The van der Waals surface area contributed by atoms with Crippen LogP contribution in [0.2, 0.25) is 0 Å². The molecule has 0 aromatic rings. The third kappa shape index (κ3) is 4.98. The van der Waals surface area contributed by atoms with Gasteiger partial charge in [0.15, 0.2) is 0 Å². The summed E-state index contributed by atoms with van der Waals surface area (Å²) in [5.74, 6) is 3.58. The molecule has 3 aliphatic rings.